The quantitative estimate of drug-likeness (QED) is 0.818. The van der Waals surface area contributed by atoms with Crippen LogP contribution in [0, 0.1) is 6.92 Å². The van der Waals surface area contributed by atoms with Gasteiger partial charge in [0.25, 0.3) is 0 Å². The minimum atomic E-state index is 0.00148. The lowest BCUT2D eigenvalue weighted by atomic mass is 10.0. The summed E-state index contributed by atoms with van der Waals surface area (Å²) in [7, 11) is 0. The molecule has 2 aromatic rings. The molecule has 0 spiro atoms. The van der Waals surface area contributed by atoms with E-state index in [9.17, 15) is 5.11 Å². The van der Waals surface area contributed by atoms with Gasteiger partial charge < -0.3 is 10.4 Å². The minimum absolute atomic E-state index is 0.00148. The van der Waals surface area contributed by atoms with Gasteiger partial charge in [-0.05, 0) is 31.0 Å². The van der Waals surface area contributed by atoms with Crippen molar-refractivity contribution in [3.63, 3.8) is 0 Å². The van der Waals surface area contributed by atoms with Gasteiger partial charge in [0.15, 0.2) is 5.15 Å². The molecule has 0 aliphatic rings. The maximum absolute atomic E-state index is 9.94. The highest BCUT2D eigenvalue weighted by Gasteiger charge is 2.15. The van der Waals surface area contributed by atoms with E-state index in [4.69, 9.17) is 11.6 Å². The second-order valence-electron chi connectivity index (χ2n) is 4.46. The van der Waals surface area contributed by atoms with E-state index in [1.807, 2.05) is 31.2 Å². The number of aromatic hydroxyl groups is 1. The third-order valence-corrected chi connectivity index (χ3v) is 3.44. The Bertz CT molecular complexity index is 552. The van der Waals surface area contributed by atoms with Crippen molar-refractivity contribution in [1.29, 1.82) is 0 Å². The first-order valence-corrected chi connectivity index (χ1v) is 6.66. The van der Waals surface area contributed by atoms with Crippen molar-refractivity contribution in [1.82, 2.24) is 4.98 Å². The molecule has 4 heteroatoms. The Morgan fingerprint density at radius 1 is 1.32 bits per heavy atom. The van der Waals surface area contributed by atoms with Gasteiger partial charge in [0, 0.05) is 11.8 Å². The van der Waals surface area contributed by atoms with Gasteiger partial charge in [0.2, 0.25) is 0 Å². The van der Waals surface area contributed by atoms with Gasteiger partial charge >= 0.3 is 0 Å². The molecule has 1 unspecified atom stereocenters. The van der Waals surface area contributed by atoms with Crippen LogP contribution >= 0.6 is 11.6 Å². The lowest BCUT2D eigenvalue weighted by Crippen LogP contribution is -2.11. The molecular weight excluding hydrogens is 260 g/mol. The molecule has 0 amide bonds. The number of phenolic OH excluding ortho intramolecular Hbond substituents is 1. The molecule has 0 saturated carbocycles. The number of pyridine rings is 1. The third kappa shape index (κ3) is 2.99. The maximum atomic E-state index is 9.94. The second-order valence-corrected chi connectivity index (χ2v) is 4.82. The van der Waals surface area contributed by atoms with Gasteiger partial charge in [-0.2, -0.15) is 0 Å². The van der Waals surface area contributed by atoms with Crippen molar-refractivity contribution >= 4 is 17.3 Å². The molecule has 0 aliphatic carbocycles. The van der Waals surface area contributed by atoms with Crippen LogP contribution < -0.4 is 5.32 Å². The summed E-state index contributed by atoms with van der Waals surface area (Å²) in [6, 6.07) is 9.24. The van der Waals surface area contributed by atoms with Crippen LogP contribution in [0.5, 0.6) is 5.75 Å². The maximum Gasteiger partial charge on any atom is 0.152 e. The Kier molecular flexibility index (Phi) is 4.27. The van der Waals surface area contributed by atoms with Crippen molar-refractivity contribution < 1.29 is 5.11 Å². The third-order valence-electron chi connectivity index (χ3n) is 3.15. The van der Waals surface area contributed by atoms with Crippen LogP contribution in [0.15, 0.2) is 36.5 Å². The summed E-state index contributed by atoms with van der Waals surface area (Å²) in [5.74, 6) is 0.291. The Balaban J connectivity index is 2.32. The van der Waals surface area contributed by atoms with Crippen molar-refractivity contribution in [3.8, 4) is 5.75 Å². The Morgan fingerprint density at radius 3 is 2.68 bits per heavy atom. The highest BCUT2D eigenvalue weighted by molar-refractivity contribution is 6.32. The molecule has 0 radical (unpaired) electrons. The van der Waals surface area contributed by atoms with E-state index in [0.717, 1.165) is 23.2 Å². The summed E-state index contributed by atoms with van der Waals surface area (Å²) >= 11 is 6.12. The second kappa shape index (κ2) is 5.93. The molecule has 0 bridgehead atoms. The fourth-order valence-corrected chi connectivity index (χ4v) is 2.31. The first kappa shape index (κ1) is 13.7. The van der Waals surface area contributed by atoms with Crippen LogP contribution in [0.25, 0.3) is 0 Å². The van der Waals surface area contributed by atoms with Gasteiger partial charge in [-0.3, -0.25) is 0 Å². The Morgan fingerprint density at radius 2 is 2.05 bits per heavy atom. The fourth-order valence-electron chi connectivity index (χ4n) is 2.05. The number of aryl methyl sites for hydroxylation is 1. The normalized spacial score (nSPS) is 12.2. The van der Waals surface area contributed by atoms with Gasteiger partial charge in [-0.15, -0.1) is 0 Å². The van der Waals surface area contributed by atoms with Crippen LogP contribution in [0.1, 0.15) is 30.5 Å². The number of nitrogens with zero attached hydrogens (tertiary/aromatic N) is 1. The van der Waals surface area contributed by atoms with Crippen molar-refractivity contribution in [3.05, 3.63) is 52.8 Å². The van der Waals surface area contributed by atoms with Crippen LogP contribution in [0.4, 0.5) is 5.69 Å². The molecular formula is C15H17ClN2O. The van der Waals surface area contributed by atoms with Gasteiger partial charge in [0.1, 0.15) is 5.75 Å². The number of hydrogen-bond donors (Lipinski definition) is 2. The molecule has 1 atom stereocenters. The minimum Gasteiger partial charge on any atom is -0.508 e. The molecule has 19 heavy (non-hydrogen) atoms. The van der Waals surface area contributed by atoms with Gasteiger partial charge in [-0.1, -0.05) is 36.7 Å². The molecule has 0 fully saturated rings. The number of aromatic nitrogens is 1. The highest BCUT2D eigenvalue weighted by atomic mass is 35.5. The van der Waals surface area contributed by atoms with E-state index in [2.05, 4.69) is 17.2 Å². The average molecular weight is 277 g/mol. The molecule has 1 aromatic carbocycles. The smallest absolute Gasteiger partial charge is 0.152 e. The summed E-state index contributed by atoms with van der Waals surface area (Å²) in [5, 5.41) is 13.8. The van der Waals surface area contributed by atoms with E-state index in [1.54, 1.807) is 12.3 Å². The summed E-state index contributed by atoms with van der Waals surface area (Å²) < 4.78 is 0. The predicted molar refractivity (Wildman–Crippen MR) is 78.7 cm³/mol. The number of halogens is 1. The zero-order valence-electron chi connectivity index (χ0n) is 11.0. The molecule has 2 rings (SSSR count). The number of nitrogens with one attached hydrogen (secondary N) is 1. The van der Waals surface area contributed by atoms with Gasteiger partial charge in [-0.25, -0.2) is 4.98 Å². The largest absolute Gasteiger partial charge is 0.508 e. The Hall–Kier alpha value is -1.74. The van der Waals surface area contributed by atoms with Crippen molar-refractivity contribution in [2.45, 2.75) is 26.3 Å². The lowest BCUT2D eigenvalue weighted by Gasteiger charge is -2.21. The SMILES string of the molecule is CCC(Nc1c(C)ccnc1Cl)c1ccccc1O. The summed E-state index contributed by atoms with van der Waals surface area (Å²) in [4.78, 5) is 4.08. The summed E-state index contributed by atoms with van der Waals surface area (Å²) in [6.07, 6.45) is 2.52. The van der Waals surface area contributed by atoms with E-state index in [-0.39, 0.29) is 6.04 Å². The van der Waals surface area contributed by atoms with E-state index in [0.29, 0.717) is 10.9 Å². The number of para-hydroxylation sites is 1. The molecule has 1 aromatic heterocycles. The molecule has 1 heterocycles. The zero-order chi connectivity index (χ0) is 13.8. The van der Waals surface area contributed by atoms with Crippen LogP contribution in [-0.2, 0) is 0 Å². The van der Waals surface area contributed by atoms with Crippen molar-refractivity contribution in [2.24, 2.45) is 0 Å². The number of hydrogen-bond acceptors (Lipinski definition) is 3. The molecule has 3 nitrogen and oxygen atoms in total. The summed E-state index contributed by atoms with van der Waals surface area (Å²) in [6.45, 7) is 4.04. The number of rotatable bonds is 4. The number of phenols is 1. The van der Waals surface area contributed by atoms with Crippen LogP contribution in [0.3, 0.4) is 0 Å². The number of anilines is 1. The molecule has 0 saturated heterocycles. The average Bonchev–Trinajstić information content (AvgIpc) is 2.40. The topological polar surface area (TPSA) is 45.2 Å². The standard InChI is InChI=1S/C15H17ClN2O/c1-3-12(11-6-4-5-7-13(11)19)18-14-10(2)8-9-17-15(14)16/h4-9,12,18-19H,3H2,1-2H3. The Labute approximate surface area is 118 Å². The van der Waals surface area contributed by atoms with Crippen molar-refractivity contribution in [2.75, 3.05) is 5.32 Å². The first-order chi connectivity index (χ1) is 9.13. The molecule has 100 valence electrons. The van der Waals surface area contributed by atoms with Crippen LogP contribution in [-0.4, -0.2) is 10.1 Å². The van der Waals surface area contributed by atoms with E-state index < -0.39 is 0 Å². The van der Waals surface area contributed by atoms with Gasteiger partial charge in [0.05, 0.1) is 11.7 Å². The monoisotopic (exact) mass is 276 g/mol. The molecule has 0 aliphatic heterocycles. The van der Waals surface area contributed by atoms with Crippen LogP contribution in [0.2, 0.25) is 5.15 Å². The predicted octanol–water partition coefficient (Wildman–Crippen LogP) is 4.31. The fraction of sp³-hybridized carbons (Fsp3) is 0.267. The molecule has 2 N–H and O–H groups in total. The summed E-state index contributed by atoms with van der Waals surface area (Å²) in [5.41, 5.74) is 2.72. The lowest BCUT2D eigenvalue weighted by molar-refractivity contribution is 0.462. The zero-order valence-corrected chi connectivity index (χ0v) is 11.8. The first-order valence-electron chi connectivity index (χ1n) is 6.29. The number of benzene rings is 1. The van der Waals surface area contributed by atoms with E-state index in [1.165, 1.54) is 0 Å². The highest BCUT2D eigenvalue weighted by Crippen LogP contribution is 2.32. The van der Waals surface area contributed by atoms with E-state index >= 15 is 0 Å².